The molecule has 2 aromatic rings. The molecule has 0 unspecified atom stereocenters. The van der Waals surface area contributed by atoms with Gasteiger partial charge in [-0.05, 0) is 31.0 Å². The Balaban J connectivity index is 2.12. The summed E-state index contributed by atoms with van der Waals surface area (Å²) < 4.78 is 7.12. The largest absolute Gasteiger partial charge is 0.494 e. The van der Waals surface area contributed by atoms with Crippen LogP contribution in [-0.2, 0) is 0 Å². The van der Waals surface area contributed by atoms with Gasteiger partial charge in [0.15, 0.2) is 0 Å². The first-order valence-electron chi connectivity index (χ1n) is 6.27. The van der Waals surface area contributed by atoms with Gasteiger partial charge in [-0.25, -0.2) is 9.66 Å². The van der Waals surface area contributed by atoms with Crippen molar-refractivity contribution in [3.8, 4) is 5.75 Å². The molecule has 0 aliphatic rings. The van der Waals surface area contributed by atoms with Crippen molar-refractivity contribution in [2.45, 2.75) is 20.3 Å². The Morgan fingerprint density at radius 1 is 1.47 bits per heavy atom. The minimum atomic E-state index is 0.382. The molecule has 0 aliphatic carbocycles. The number of nitrogens with zero attached hydrogens (tertiary/aromatic N) is 3. The Bertz CT molecular complexity index is 575. The molecule has 2 rings (SSSR count). The van der Waals surface area contributed by atoms with Crippen LogP contribution >= 0.6 is 0 Å². The third-order valence-electron chi connectivity index (χ3n) is 2.50. The number of imidazole rings is 1. The summed E-state index contributed by atoms with van der Waals surface area (Å²) in [5.41, 5.74) is 7.51. The number of benzene rings is 1. The smallest absolute Gasteiger partial charge is 0.221 e. The van der Waals surface area contributed by atoms with Crippen molar-refractivity contribution in [2.75, 3.05) is 12.3 Å². The highest BCUT2D eigenvalue weighted by Gasteiger charge is 1.99. The zero-order chi connectivity index (χ0) is 13.7. The van der Waals surface area contributed by atoms with Crippen LogP contribution in [0.3, 0.4) is 0 Å². The topological polar surface area (TPSA) is 65.4 Å². The van der Waals surface area contributed by atoms with Crippen molar-refractivity contribution in [1.29, 1.82) is 0 Å². The average Bonchev–Trinajstić information content (AvgIpc) is 2.73. The molecule has 1 heterocycles. The van der Waals surface area contributed by atoms with Crippen LogP contribution in [0.4, 0.5) is 5.95 Å². The molecule has 5 nitrogen and oxygen atoms in total. The normalized spacial score (nSPS) is 11.1. The lowest BCUT2D eigenvalue weighted by atomic mass is 10.2. The van der Waals surface area contributed by atoms with Crippen LogP contribution in [0.25, 0.3) is 0 Å². The lowest BCUT2D eigenvalue weighted by Crippen LogP contribution is -1.98. The predicted molar refractivity (Wildman–Crippen MR) is 76.6 cm³/mol. The second-order valence-electron chi connectivity index (χ2n) is 4.25. The lowest BCUT2D eigenvalue weighted by Gasteiger charge is -2.04. The summed E-state index contributed by atoms with van der Waals surface area (Å²) in [6, 6.07) is 7.78. The van der Waals surface area contributed by atoms with Crippen LogP contribution in [0.1, 0.15) is 24.6 Å². The van der Waals surface area contributed by atoms with Crippen LogP contribution in [-0.4, -0.2) is 22.5 Å². The summed E-state index contributed by atoms with van der Waals surface area (Å²) in [6.45, 7) is 4.67. The van der Waals surface area contributed by atoms with Gasteiger partial charge in [-0.1, -0.05) is 19.1 Å². The SMILES string of the molecule is CCCOc1cccc(C=Nn2cc(C)nc2N)c1. The van der Waals surface area contributed by atoms with Gasteiger partial charge in [0.2, 0.25) is 5.95 Å². The number of nitrogens with two attached hydrogens (primary N) is 1. The maximum absolute atomic E-state index is 5.71. The molecule has 0 fully saturated rings. The Kier molecular flexibility index (Phi) is 4.18. The first kappa shape index (κ1) is 13.1. The standard InChI is InChI=1S/C14H18N4O/c1-3-7-19-13-6-4-5-12(8-13)9-16-18-10-11(2)17-14(18)15/h4-6,8-10H,3,7H2,1-2H3,(H2,15,17). The van der Waals surface area contributed by atoms with E-state index in [0.717, 1.165) is 23.4 Å². The molecule has 0 aliphatic heterocycles. The number of hydrogen-bond acceptors (Lipinski definition) is 4. The molecule has 0 saturated heterocycles. The van der Waals surface area contributed by atoms with Crippen LogP contribution < -0.4 is 10.5 Å². The summed E-state index contributed by atoms with van der Waals surface area (Å²) in [5, 5.41) is 4.27. The zero-order valence-corrected chi connectivity index (χ0v) is 11.2. The fourth-order valence-corrected chi connectivity index (χ4v) is 1.63. The van der Waals surface area contributed by atoms with Crippen molar-refractivity contribution in [3.63, 3.8) is 0 Å². The van der Waals surface area contributed by atoms with Gasteiger partial charge in [-0.3, -0.25) is 0 Å². The van der Waals surface area contributed by atoms with Crippen LogP contribution in [0.2, 0.25) is 0 Å². The van der Waals surface area contributed by atoms with Crippen molar-refractivity contribution < 1.29 is 4.74 Å². The minimum absolute atomic E-state index is 0.382. The van der Waals surface area contributed by atoms with E-state index in [4.69, 9.17) is 10.5 Å². The number of aromatic nitrogens is 2. The Labute approximate surface area is 112 Å². The van der Waals surface area contributed by atoms with Gasteiger partial charge in [0, 0.05) is 0 Å². The maximum atomic E-state index is 5.71. The Morgan fingerprint density at radius 3 is 3.00 bits per heavy atom. The number of aryl methyl sites for hydroxylation is 1. The number of hydrogen-bond donors (Lipinski definition) is 1. The second-order valence-corrected chi connectivity index (χ2v) is 4.25. The number of rotatable bonds is 5. The third-order valence-corrected chi connectivity index (χ3v) is 2.50. The fraction of sp³-hybridized carbons (Fsp3) is 0.286. The molecule has 0 radical (unpaired) electrons. The quantitative estimate of drug-likeness (QED) is 0.838. The van der Waals surface area contributed by atoms with Gasteiger partial charge in [-0.15, -0.1) is 0 Å². The second kappa shape index (κ2) is 6.04. The number of anilines is 1. The van der Waals surface area contributed by atoms with E-state index in [1.54, 1.807) is 17.1 Å². The molecular weight excluding hydrogens is 240 g/mol. The Morgan fingerprint density at radius 2 is 2.32 bits per heavy atom. The monoisotopic (exact) mass is 258 g/mol. The first-order valence-corrected chi connectivity index (χ1v) is 6.27. The molecule has 0 bridgehead atoms. The number of nitrogen functional groups attached to an aromatic ring is 1. The van der Waals surface area contributed by atoms with E-state index >= 15 is 0 Å². The highest BCUT2D eigenvalue weighted by molar-refractivity contribution is 5.80. The molecule has 0 amide bonds. The van der Waals surface area contributed by atoms with Crippen LogP contribution in [0, 0.1) is 6.92 Å². The first-order chi connectivity index (χ1) is 9.19. The molecule has 1 aromatic heterocycles. The number of ether oxygens (including phenoxy) is 1. The van der Waals surface area contributed by atoms with E-state index in [1.807, 2.05) is 31.2 Å². The van der Waals surface area contributed by atoms with Crippen molar-refractivity contribution in [2.24, 2.45) is 5.10 Å². The molecule has 19 heavy (non-hydrogen) atoms. The maximum Gasteiger partial charge on any atom is 0.221 e. The molecule has 100 valence electrons. The summed E-state index contributed by atoms with van der Waals surface area (Å²) >= 11 is 0. The van der Waals surface area contributed by atoms with E-state index in [-0.39, 0.29) is 0 Å². The van der Waals surface area contributed by atoms with E-state index in [9.17, 15) is 0 Å². The van der Waals surface area contributed by atoms with E-state index in [2.05, 4.69) is 17.0 Å². The van der Waals surface area contributed by atoms with Crippen LogP contribution in [0.5, 0.6) is 5.75 Å². The fourth-order valence-electron chi connectivity index (χ4n) is 1.63. The molecular formula is C14H18N4O. The molecule has 0 atom stereocenters. The summed E-state index contributed by atoms with van der Waals surface area (Å²) in [7, 11) is 0. The molecule has 0 spiro atoms. The summed E-state index contributed by atoms with van der Waals surface area (Å²) in [5.74, 6) is 1.23. The summed E-state index contributed by atoms with van der Waals surface area (Å²) in [4.78, 5) is 4.08. The van der Waals surface area contributed by atoms with E-state index in [1.165, 1.54) is 0 Å². The van der Waals surface area contributed by atoms with Crippen molar-refractivity contribution in [3.05, 3.63) is 41.7 Å². The molecule has 5 heteroatoms. The average molecular weight is 258 g/mol. The molecule has 0 saturated carbocycles. The van der Waals surface area contributed by atoms with Gasteiger partial charge in [-0.2, -0.15) is 5.10 Å². The van der Waals surface area contributed by atoms with Crippen molar-refractivity contribution in [1.82, 2.24) is 9.66 Å². The van der Waals surface area contributed by atoms with Gasteiger partial charge >= 0.3 is 0 Å². The Hall–Kier alpha value is -2.30. The van der Waals surface area contributed by atoms with Gasteiger partial charge in [0.25, 0.3) is 0 Å². The van der Waals surface area contributed by atoms with E-state index in [0.29, 0.717) is 12.6 Å². The predicted octanol–water partition coefficient (Wildman–Crippen LogP) is 2.44. The highest BCUT2D eigenvalue weighted by atomic mass is 16.5. The lowest BCUT2D eigenvalue weighted by molar-refractivity contribution is 0.317. The molecule has 2 N–H and O–H groups in total. The van der Waals surface area contributed by atoms with Gasteiger partial charge in [0.1, 0.15) is 5.75 Å². The zero-order valence-electron chi connectivity index (χ0n) is 11.2. The third kappa shape index (κ3) is 3.58. The van der Waals surface area contributed by atoms with E-state index < -0.39 is 0 Å². The van der Waals surface area contributed by atoms with Gasteiger partial charge < -0.3 is 10.5 Å². The molecule has 1 aromatic carbocycles. The summed E-state index contributed by atoms with van der Waals surface area (Å²) in [6.07, 6.45) is 4.50. The highest BCUT2D eigenvalue weighted by Crippen LogP contribution is 2.12. The van der Waals surface area contributed by atoms with Crippen molar-refractivity contribution >= 4 is 12.2 Å². The van der Waals surface area contributed by atoms with Crippen LogP contribution in [0.15, 0.2) is 35.6 Å². The van der Waals surface area contributed by atoms with Gasteiger partial charge in [0.05, 0.1) is 24.7 Å². The minimum Gasteiger partial charge on any atom is -0.494 e.